The van der Waals surface area contributed by atoms with Crippen molar-refractivity contribution in [3.8, 4) is 0 Å². The average molecular weight is 319 g/mol. The molecule has 0 N–H and O–H groups in total. The van der Waals surface area contributed by atoms with E-state index in [0.717, 1.165) is 21.3 Å². The molecule has 0 unspecified atom stereocenters. The fraction of sp³-hybridized carbons (Fsp3) is 0.200. The smallest absolute Gasteiger partial charge is 0.133 e. The summed E-state index contributed by atoms with van der Waals surface area (Å²) >= 11 is 10.8. The molecule has 16 heavy (non-hydrogen) atoms. The summed E-state index contributed by atoms with van der Waals surface area (Å²) in [6, 6.07) is 5.82. The summed E-state index contributed by atoms with van der Waals surface area (Å²) in [6.07, 6.45) is 1.54. The van der Waals surface area contributed by atoms with E-state index in [9.17, 15) is 0 Å². The van der Waals surface area contributed by atoms with Crippen LogP contribution in [-0.4, -0.2) is 17.0 Å². The molecule has 0 aliphatic heterocycles. The summed E-state index contributed by atoms with van der Waals surface area (Å²) < 4.78 is 1.60. The van der Waals surface area contributed by atoms with E-state index in [-0.39, 0.29) is 0 Å². The van der Waals surface area contributed by atoms with Crippen molar-refractivity contribution in [2.75, 3.05) is 11.9 Å². The molecule has 0 aliphatic carbocycles. The molecule has 2 aromatic rings. The number of aromatic nitrogens is 2. The van der Waals surface area contributed by atoms with Gasteiger partial charge in [0.25, 0.3) is 0 Å². The van der Waals surface area contributed by atoms with Crippen LogP contribution in [0.25, 0.3) is 0 Å². The van der Waals surface area contributed by atoms with E-state index in [2.05, 4.69) is 30.8 Å². The largest absolute Gasteiger partial charge is 0.354 e. The maximum absolute atomic E-state index is 5.88. The second-order valence-electron chi connectivity index (χ2n) is 3.26. The molecule has 84 valence electrons. The van der Waals surface area contributed by atoms with Crippen molar-refractivity contribution in [2.45, 2.75) is 6.54 Å². The maximum atomic E-state index is 5.88. The van der Waals surface area contributed by atoms with E-state index in [0.29, 0.717) is 0 Å². The third-order valence-corrected chi connectivity index (χ3v) is 3.68. The van der Waals surface area contributed by atoms with Crippen LogP contribution < -0.4 is 4.90 Å². The lowest BCUT2D eigenvalue weighted by Crippen LogP contribution is -2.16. The Hall–Kier alpha value is -0.650. The molecule has 0 aromatic carbocycles. The van der Waals surface area contributed by atoms with Gasteiger partial charge in [-0.2, -0.15) is 0 Å². The van der Waals surface area contributed by atoms with Crippen LogP contribution in [0.4, 0.5) is 5.82 Å². The van der Waals surface area contributed by atoms with Crippen LogP contribution >= 0.6 is 38.9 Å². The third-order valence-electron chi connectivity index (χ3n) is 2.03. The fourth-order valence-corrected chi connectivity index (χ4v) is 2.72. The second-order valence-corrected chi connectivity index (χ2v) is 5.87. The molecule has 0 atom stereocenters. The Morgan fingerprint density at radius 2 is 2.25 bits per heavy atom. The quantitative estimate of drug-likeness (QED) is 0.810. The number of thiophene rings is 1. The Morgan fingerprint density at radius 1 is 1.44 bits per heavy atom. The van der Waals surface area contributed by atoms with E-state index >= 15 is 0 Å². The second kappa shape index (κ2) is 5.12. The van der Waals surface area contributed by atoms with Gasteiger partial charge in [0.2, 0.25) is 0 Å². The average Bonchev–Trinajstić information content (AvgIpc) is 2.64. The van der Waals surface area contributed by atoms with Crippen LogP contribution in [-0.2, 0) is 6.54 Å². The molecule has 0 saturated carbocycles. The van der Waals surface area contributed by atoms with Gasteiger partial charge in [0.15, 0.2) is 0 Å². The first kappa shape index (κ1) is 11.8. The minimum Gasteiger partial charge on any atom is -0.354 e. The minimum atomic E-state index is 0.786. The third kappa shape index (κ3) is 2.93. The standard InChI is InChI=1S/C10H9BrClN3S/c1-15(5-7-2-3-9(12)16-7)10-4-8(11)13-6-14-10/h2-4,6H,5H2,1H3. The predicted octanol–water partition coefficient (Wildman–Crippen LogP) is 3.59. The van der Waals surface area contributed by atoms with Crippen LogP contribution in [0.15, 0.2) is 29.1 Å². The van der Waals surface area contributed by atoms with Gasteiger partial charge in [-0.3, -0.25) is 0 Å². The highest BCUT2D eigenvalue weighted by Crippen LogP contribution is 2.24. The monoisotopic (exact) mass is 317 g/mol. The number of anilines is 1. The molecule has 0 fully saturated rings. The maximum Gasteiger partial charge on any atom is 0.133 e. The number of nitrogens with zero attached hydrogens (tertiary/aromatic N) is 3. The number of halogens is 2. The van der Waals surface area contributed by atoms with Crippen molar-refractivity contribution in [2.24, 2.45) is 0 Å². The molecule has 0 saturated heterocycles. The summed E-state index contributed by atoms with van der Waals surface area (Å²) in [7, 11) is 1.99. The van der Waals surface area contributed by atoms with E-state index < -0.39 is 0 Å². The molecule has 2 aromatic heterocycles. The lowest BCUT2D eigenvalue weighted by Gasteiger charge is -2.16. The molecular weight excluding hydrogens is 310 g/mol. The van der Waals surface area contributed by atoms with Crippen LogP contribution in [0, 0.1) is 0 Å². The Kier molecular flexibility index (Phi) is 3.78. The zero-order valence-electron chi connectivity index (χ0n) is 8.52. The van der Waals surface area contributed by atoms with E-state index in [1.165, 1.54) is 11.2 Å². The zero-order valence-corrected chi connectivity index (χ0v) is 11.7. The summed E-state index contributed by atoms with van der Waals surface area (Å²) in [5.41, 5.74) is 0. The van der Waals surface area contributed by atoms with Crippen molar-refractivity contribution in [3.63, 3.8) is 0 Å². The molecule has 0 bridgehead atoms. The Balaban J connectivity index is 2.11. The molecule has 6 heteroatoms. The fourth-order valence-electron chi connectivity index (χ4n) is 1.28. The van der Waals surface area contributed by atoms with Gasteiger partial charge in [-0.1, -0.05) is 11.6 Å². The van der Waals surface area contributed by atoms with Crippen LogP contribution in [0.5, 0.6) is 0 Å². The van der Waals surface area contributed by atoms with Crippen molar-refractivity contribution >= 4 is 44.7 Å². The molecule has 2 rings (SSSR count). The zero-order chi connectivity index (χ0) is 11.5. The SMILES string of the molecule is CN(Cc1ccc(Cl)s1)c1cc(Br)ncn1. The number of rotatable bonds is 3. The van der Waals surface area contributed by atoms with Crippen molar-refractivity contribution in [3.05, 3.63) is 38.3 Å². The highest BCUT2D eigenvalue weighted by atomic mass is 79.9. The predicted molar refractivity (Wildman–Crippen MR) is 71.2 cm³/mol. The van der Waals surface area contributed by atoms with Crippen LogP contribution in [0.2, 0.25) is 4.34 Å². The van der Waals surface area contributed by atoms with Crippen LogP contribution in [0.1, 0.15) is 4.88 Å². The molecule has 3 nitrogen and oxygen atoms in total. The van der Waals surface area contributed by atoms with Crippen LogP contribution in [0.3, 0.4) is 0 Å². The van der Waals surface area contributed by atoms with Crippen molar-refractivity contribution in [1.29, 1.82) is 0 Å². The lowest BCUT2D eigenvalue weighted by molar-refractivity contribution is 0.901. The first-order chi connectivity index (χ1) is 7.65. The summed E-state index contributed by atoms with van der Waals surface area (Å²) in [5, 5.41) is 0. The summed E-state index contributed by atoms with van der Waals surface area (Å²) in [4.78, 5) is 11.5. The highest BCUT2D eigenvalue weighted by Gasteiger charge is 2.06. The van der Waals surface area contributed by atoms with E-state index in [1.807, 2.05) is 25.2 Å². The Labute approximate surface area is 111 Å². The van der Waals surface area contributed by atoms with Crippen molar-refractivity contribution < 1.29 is 0 Å². The van der Waals surface area contributed by atoms with Gasteiger partial charge in [-0.15, -0.1) is 11.3 Å². The molecule has 2 heterocycles. The Morgan fingerprint density at radius 3 is 2.88 bits per heavy atom. The topological polar surface area (TPSA) is 29.0 Å². The van der Waals surface area contributed by atoms with Gasteiger partial charge in [-0.05, 0) is 28.1 Å². The van der Waals surface area contributed by atoms with Crippen molar-refractivity contribution in [1.82, 2.24) is 9.97 Å². The van der Waals surface area contributed by atoms with Gasteiger partial charge in [0.1, 0.15) is 16.7 Å². The first-order valence-corrected chi connectivity index (χ1v) is 6.57. The Bertz CT molecular complexity index is 488. The van der Waals surface area contributed by atoms with E-state index in [1.54, 1.807) is 11.3 Å². The molecular formula is C10H9BrClN3S. The minimum absolute atomic E-state index is 0.786. The summed E-state index contributed by atoms with van der Waals surface area (Å²) in [5.74, 6) is 0.881. The van der Waals surface area contributed by atoms with Gasteiger partial charge in [0.05, 0.1) is 10.9 Å². The molecule has 0 spiro atoms. The molecule has 0 amide bonds. The normalized spacial score (nSPS) is 10.4. The highest BCUT2D eigenvalue weighted by molar-refractivity contribution is 9.10. The molecule has 0 aliphatic rings. The van der Waals surface area contributed by atoms with Gasteiger partial charge >= 0.3 is 0 Å². The number of hydrogen-bond acceptors (Lipinski definition) is 4. The summed E-state index contributed by atoms with van der Waals surface area (Å²) in [6.45, 7) is 0.792. The van der Waals surface area contributed by atoms with E-state index in [4.69, 9.17) is 11.6 Å². The van der Waals surface area contributed by atoms with Gasteiger partial charge in [0, 0.05) is 18.0 Å². The number of hydrogen-bond donors (Lipinski definition) is 0. The van der Waals surface area contributed by atoms with Gasteiger partial charge < -0.3 is 4.90 Å². The van der Waals surface area contributed by atoms with Gasteiger partial charge in [-0.25, -0.2) is 9.97 Å². The first-order valence-electron chi connectivity index (χ1n) is 4.58. The molecule has 0 radical (unpaired) electrons. The lowest BCUT2D eigenvalue weighted by atomic mass is 10.4.